The number of oxime groups is 1. The number of fused-ring (bicyclic) bond motifs is 3. The minimum atomic E-state index is -1.43. The first-order valence-corrected chi connectivity index (χ1v) is 22.8. The van der Waals surface area contributed by atoms with Crippen LogP contribution >= 0.6 is 0 Å². The zero-order valence-corrected chi connectivity index (χ0v) is 36.6. The van der Waals surface area contributed by atoms with E-state index < -0.39 is 22.7 Å². The van der Waals surface area contributed by atoms with Crippen LogP contribution in [-0.2, 0) is 16.2 Å². The van der Waals surface area contributed by atoms with E-state index in [2.05, 4.69) is 23.6 Å². The molecule has 3 aromatic carbocycles. The number of ether oxygens (including phenoxy) is 5. The summed E-state index contributed by atoms with van der Waals surface area (Å²) in [5.74, 6) is 0.189. The van der Waals surface area contributed by atoms with Crippen LogP contribution in [0.15, 0.2) is 90.1 Å². The van der Waals surface area contributed by atoms with Crippen LogP contribution in [-0.4, -0.2) is 108 Å². The van der Waals surface area contributed by atoms with Gasteiger partial charge in [0.25, 0.3) is 11.6 Å². The van der Waals surface area contributed by atoms with Gasteiger partial charge >= 0.3 is 0 Å². The lowest BCUT2D eigenvalue weighted by molar-refractivity contribution is -0.384. The van der Waals surface area contributed by atoms with Gasteiger partial charge < -0.3 is 43.6 Å². The highest BCUT2D eigenvalue weighted by Gasteiger charge is 2.65. The number of carbonyl (C=O) groups excluding carboxylic acids is 1. The van der Waals surface area contributed by atoms with Crippen LogP contribution in [0, 0.1) is 27.9 Å². The molecule has 2 aliphatic carbocycles. The first-order valence-electron chi connectivity index (χ1n) is 22.8. The predicted molar refractivity (Wildman–Crippen MR) is 239 cm³/mol. The van der Waals surface area contributed by atoms with Crippen molar-refractivity contribution in [2.24, 2.45) is 22.9 Å². The monoisotopic (exact) mass is 880 g/mol. The molecule has 1 saturated carbocycles. The number of nitro benzene ring substituents is 1. The number of hydrogen-bond acceptors (Lipinski definition) is 13. The molecule has 3 aliphatic heterocycles. The standard InChI is InChI=1S/C49H60N4O11/c1-3-19-52(48(56)35-13-17-43-44(28-35)61-32-60-43)45-30-41(50-63-31-33-11-14-36(15-12-33)53(57)58)39-27-34(9-5-7-23-54)38(10-6-8-24-55)46-40-29-37(59-26-22-51-20-21-51)16-18-42(40)64-49(45,47(39)46)62-25-4-2/h4,11-18,27-29,34,38,45-47,54-55H,2-3,5-10,19-26,30-32H2,1H3. The van der Waals surface area contributed by atoms with Gasteiger partial charge in [-0.2, -0.15) is 0 Å². The number of hydrogen-bond donors (Lipinski definition) is 2. The third kappa shape index (κ3) is 9.63. The molecule has 6 atom stereocenters. The first kappa shape index (κ1) is 45.1. The number of amides is 1. The van der Waals surface area contributed by atoms with Crippen molar-refractivity contribution < 1.29 is 48.5 Å². The van der Waals surface area contributed by atoms with Gasteiger partial charge in [-0.15, -0.1) is 6.58 Å². The zero-order chi connectivity index (χ0) is 44.6. The van der Waals surface area contributed by atoms with Gasteiger partial charge in [0.1, 0.15) is 30.8 Å². The number of benzene rings is 3. The first-order chi connectivity index (χ1) is 31.3. The van der Waals surface area contributed by atoms with Crippen molar-refractivity contribution in [3.05, 3.63) is 112 Å². The molecule has 15 nitrogen and oxygen atoms in total. The molecular formula is C49H60N4O11. The highest BCUT2D eigenvalue weighted by atomic mass is 16.7. The number of unbranched alkanes of at least 4 members (excludes halogenated alkanes) is 2. The number of rotatable bonds is 23. The van der Waals surface area contributed by atoms with Crippen molar-refractivity contribution in [3.8, 4) is 23.0 Å². The fourth-order valence-corrected chi connectivity index (χ4v) is 10.1. The summed E-state index contributed by atoms with van der Waals surface area (Å²) in [4.78, 5) is 36.4. The van der Waals surface area contributed by atoms with E-state index >= 15 is 4.79 Å². The summed E-state index contributed by atoms with van der Waals surface area (Å²) < 4.78 is 32.2. The summed E-state index contributed by atoms with van der Waals surface area (Å²) >= 11 is 0. The van der Waals surface area contributed by atoms with Crippen LogP contribution in [0.2, 0.25) is 0 Å². The Morgan fingerprint density at radius 3 is 2.52 bits per heavy atom. The van der Waals surface area contributed by atoms with E-state index in [9.17, 15) is 20.3 Å². The van der Waals surface area contributed by atoms with Gasteiger partial charge in [-0.05, 0) is 104 Å². The molecular weight excluding hydrogens is 821 g/mol. The van der Waals surface area contributed by atoms with Crippen molar-refractivity contribution >= 4 is 17.3 Å². The van der Waals surface area contributed by atoms with Crippen LogP contribution < -0.4 is 18.9 Å². The molecule has 0 aromatic heterocycles. The fourth-order valence-electron chi connectivity index (χ4n) is 10.1. The molecule has 5 aliphatic rings. The number of nitrogens with zero attached hydrogens (tertiary/aromatic N) is 4. The van der Waals surface area contributed by atoms with E-state index in [1.807, 2.05) is 24.0 Å². The van der Waals surface area contributed by atoms with E-state index in [-0.39, 0.29) is 69.0 Å². The molecule has 3 heterocycles. The van der Waals surface area contributed by atoms with Gasteiger partial charge in [-0.3, -0.25) is 19.8 Å². The van der Waals surface area contributed by atoms with E-state index in [4.69, 9.17) is 33.7 Å². The van der Waals surface area contributed by atoms with E-state index in [1.165, 1.54) is 12.1 Å². The van der Waals surface area contributed by atoms with Crippen molar-refractivity contribution in [2.45, 2.75) is 82.6 Å². The summed E-state index contributed by atoms with van der Waals surface area (Å²) in [6, 6.07) is 16.7. The highest BCUT2D eigenvalue weighted by Crippen LogP contribution is 2.62. The zero-order valence-electron chi connectivity index (χ0n) is 36.6. The minimum absolute atomic E-state index is 0.0183. The van der Waals surface area contributed by atoms with Crippen LogP contribution in [0.3, 0.4) is 0 Å². The lowest BCUT2D eigenvalue weighted by atomic mass is 9.55. The van der Waals surface area contributed by atoms with E-state index in [0.717, 1.165) is 62.2 Å². The summed E-state index contributed by atoms with van der Waals surface area (Å²) in [5, 5.41) is 36.2. The lowest BCUT2D eigenvalue weighted by Gasteiger charge is -2.60. The average molecular weight is 881 g/mol. The minimum Gasteiger partial charge on any atom is -0.492 e. The molecule has 15 heteroatoms. The molecule has 0 radical (unpaired) electrons. The van der Waals surface area contributed by atoms with Crippen molar-refractivity contribution in [3.63, 3.8) is 0 Å². The molecule has 1 amide bonds. The second-order valence-electron chi connectivity index (χ2n) is 17.2. The van der Waals surface area contributed by atoms with Crippen LogP contribution in [0.1, 0.15) is 85.7 Å². The average Bonchev–Trinajstić information content (AvgIpc) is 4.01. The Morgan fingerprint density at radius 1 is 1.02 bits per heavy atom. The summed E-state index contributed by atoms with van der Waals surface area (Å²) in [7, 11) is 0. The van der Waals surface area contributed by atoms with Gasteiger partial charge in [0.2, 0.25) is 12.6 Å². The molecule has 64 heavy (non-hydrogen) atoms. The SMILES string of the molecule is C=CCOC12Oc3ccc(OCCN4CC4)cc3C3C(CCCCO)C(CCCCO)C=C(C(=NOCc4ccc([N+](=O)[O-])cc4)CC1N(CCC)C(=O)c1ccc4c(c1)OCO4)C32. The summed E-state index contributed by atoms with van der Waals surface area (Å²) in [5.41, 5.74) is 3.66. The second kappa shape index (κ2) is 20.6. The molecule has 6 unspecified atom stereocenters. The molecule has 3 aromatic rings. The van der Waals surface area contributed by atoms with E-state index in [0.29, 0.717) is 66.5 Å². The van der Waals surface area contributed by atoms with Gasteiger partial charge in [0, 0.05) is 75.0 Å². The van der Waals surface area contributed by atoms with Gasteiger partial charge in [-0.25, -0.2) is 0 Å². The number of aliphatic hydroxyl groups is 2. The molecule has 8 rings (SSSR count). The number of aliphatic hydroxyl groups excluding tert-OH is 2. The Kier molecular flexibility index (Phi) is 14.5. The molecule has 2 N–H and O–H groups in total. The smallest absolute Gasteiger partial charge is 0.269 e. The van der Waals surface area contributed by atoms with Crippen LogP contribution in [0.25, 0.3) is 0 Å². The lowest BCUT2D eigenvalue weighted by Crippen LogP contribution is -2.70. The maximum atomic E-state index is 15.1. The van der Waals surface area contributed by atoms with E-state index in [1.54, 1.807) is 36.4 Å². The number of non-ortho nitro benzene ring substituents is 1. The largest absolute Gasteiger partial charge is 0.492 e. The fraction of sp³-hybridized carbons (Fsp3) is 0.510. The maximum Gasteiger partial charge on any atom is 0.269 e. The number of allylic oxidation sites excluding steroid dienone is 1. The highest BCUT2D eigenvalue weighted by molar-refractivity contribution is 6.03. The third-order valence-corrected chi connectivity index (χ3v) is 13.1. The molecule has 2 fully saturated rings. The topological polar surface area (TPSA) is 175 Å². The summed E-state index contributed by atoms with van der Waals surface area (Å²) in [6.45, 7) is 10.4. The Labute approximate surface area is 374 Å². The van der Waals surface area contributed by atoms with Crippen molar-refractivity contribution in [2.75, 3.05) is 59.4 Å². The maximum absolute atomic E-state index is 15.1. The number of carbonyl (C=O) groups is 1. The molecule has 0 bridgehead atoms. The summed E-state index contributed by atoms with van der Waals surface area (Å²) in [6.07, 6.45) is 9.38. The van der Waals surface area contributed by atoms with Crippen LogP contribution in [0.4, 0.5) is 5.69 Å². The Morgan fingerprint density at radius 2 is 1.78 bits per heavy atom. The van der Waals surface area contributed by atoms with Crippen molar-refractivity contribution in [1.29, 1.82) is 0 Å². The number of nitro groups is 1. The van der Waals surface area contributed by atoms with Gasteiger partial charge in [0.05, 0.1) is 23.2 Å². The molecule has 342 valence electrons. The Balaban J connectivity index is 1.29. The Hall–Kier alpha value is -5.48. The van der Waals surface area contributed by atoms with Gasteiger partial charge in [0.15, 0.2) is 11.5 Å². The molecule has 0 spiro atoms. The quantitative estimate of drug-likeness (QED) is 0.0318. The normalized spacial score (nSPS) is 24.5. The van der Waals surface area contributed by atoms with Crippen molar-refractivity contribution in [1.82, 2.24) is 9.80 Å². The Bertz CT molecular complexity index is 2190. The van der Waals surface area contributed by atoms with Crippen LogP contribution in [0.5, 0.6) is 23.0 Å². The predicted octanol–water partition coefficient (Wildman–Crippen LogP) is 7.40. The second-order valence-corrected chi connectivity index (χ2v) is 17.2. The third-order valence-electron chi connectivity index (χ3n) is 13.1. The van der Waals surface area contributed by atoms with Gasteiger partial charge in [-0.1, -0.05) is 37.1 Å². The molecule has 1 saturated heterocycles.